The number of aliphatic carboxylic acids is 1. The molecule has 0 fully saturated rings. The SMILES string of the molecule is CC(C)CC(N)C(=O)NC(CO)C(=O)NC(C(=O)NC(CO)C(=O)O)C(C)O. The first kappa shape index (κ1) is 25.7. The van der Waals surface area contributed by atoms with Gasteiger partial charge in [0, 0.05) is 0 Å². The maximum atomic E-state index is 12.3. The highest BCUT2D eigenvalue weighted by Crippen LogP contribution is 2.03. The molecule has 0 aromatic carbocycles. The van der Waals surface area contributed by atoms with Crippen molar-refractivity contribution in [2.75, 3.05) is 13.2 Å². The third kappa shape index (κ3) is 8.61. The Kier molecular flexibility index (Phi) is 11.2. The van der Waals surface area contributed by atoms with Gasteiger partial charge in [-0.1, -0.05) is 13.8 Å². The van der Waals surface area contributed by atoms with Crippen LogP contribution in [0.15, 0.2) is 0 Å². The molecule has 28 heavy (non-hydrogen) atoms. The van der Waals surface area contributed by atoms with Crippen LogP contribution < -0.4 is 21.7 Å². The van der Waals surface area contributed by atoms with E-state index < -0.39 is 67.2 Å². The summed E-state index contributed by atoms with van der Waals surface area (Å²) in [6.45, 7) is 3.18. The van der Waals surface area contributed by atoms with Crippen LogP contribution in [0.5, 0.6) is 0 Å². The predicted molar refractivity (Wildman–Crippen MR) is 96.7 cm³/mol. The van der Waals surface area contributed by atoms with Crippen molar-refractivity contribution in [1.29, 1.82) is 0 Å². The van der Waals surface area contributed by atoms with Crippen molar-refractivity contribution in [1.82, 2.24) is 16.0 Å². The Morgan fingerprint density at radius 2 is 1.36 bits per heavy atom. The summed E-state index contributed by atoms with van der Waals surface area (Å²) >= 11 is 0. The number of nitrogens with two attached hydrogens (primary N) is 1. The van der Waals surface area contributed by atoms with E-state index >= 15 is 0 Å². The Labute approximate surface area is 162 Å². The Bertz CT molecular complexity index is 555. The molecule has 0 rings (SSSR count). The van der Waals surface area contributed by atoms with Crippen LogP contribution in [0.1, 0.15) is 27.2 Å². The van der Waals surface area contributed by atoms with Crippen LogP contribution in [0.2, 0.25) is 0 Å². The van der Waals surface area contributed by atoms with Crippen molar-refractivity contribution in [3.63, 3.8) is 0 Å². The zero-order valence-corrected chi connectivity index (χ0v) is 16.1. The van der Waals surface area contributed by atoms with Crippen LogP contribution in [0.3, 0.4) is 0 Å². The highest BCUT2D eigenvalue weighted by atomic mass is 16.4. The molecule has 12 nitrogen and oxygen atoms in total. The van der Waals surface area contributed by atoms with Crippen molar-refractivity contribution in [3.8, 4) is 0 Å². The molecule has 0 saturated carbocycles. The number of carboxylic acids is 1. The lowest BCUT2D eigenvalue weighted by Crippen LogP contribution is -2.60. The minimum Gasteiger partial charge on any atom is -0.480 e. The number of carbonyl (C=O) groups excluding carboxylic acids is 3. The van der Waals surface area contributed by atoms with Gasteiger partial charge in [0.1, 0.15) is 18.1 Å². The fraction of sp³-hybridized carbons (Fsp3) is 0.750. The van der Waals surface area contributed by atoms with Crippen molar-refractivity contribution >= 4 is 23.7 Å². The Hall–Kier alpha value is -2.28. The van der Waals surface area contributed by atoms with E-state index in [2.05, 4.69) is 10.6 Å². The van der Waals surface area contributed by atoms with Crippen molar-refractivity contribution < 1.29 is 39.6 Å². The Balaban J connectivity index is 5.07. The van der Waals surface area contributed by atoms with Gasteiger partial charge in [0.25, 0.3) is 0 Å². The van der Waals surface area contributed by atoms with E-state index in [4.69, 9.17) is 15.9 Å². The first-order valence-electron chi connectivity index (χ1n) is 8.73. The van der Waals surface area contributed by atoms with E-state index in [0.717, 1.165) is 0 Å². The van der Waals surface area contributed by atoms with Gasteiger partial charge < -0.3 is 42.1 Å². The molecule has 9 N–H and O–H groups in total. The summed E-state index contributed by atoms with van der Waals surface area (Å²) in [6.07, 6.45) is -1.09. The number of carboxylic acid groups (broad SMARTS) is 1. The first-order valence-corrected chi connectivity index (χ1v) is 8.73. The predicted octanol–water partition coefficient (Wildman–Crippen LogP) is -3.74. The van der Waals surface area contributed by atoms with E-state index in [1.165, 1.54) is 6.92 Å². The number of carbonyl (C=O) groups is 4. The van der Waals surface area contributed by atoms with E-state index in [-0.39, 0.29) is 5.92 Å². The second-order valence-corrected chi connectivity index (χ2v) is 6.79. The number of amides is 3. The van der Waals surface area contributed by atoms with Gasteiger partial charge in [-0.15, -0.1) is 0 Å². The molecular weight excluding hydrogens is 376 g/mol. The Morgan fingerprint density at radius 3 is 1.75 bits per heavy atom. The van der Waals surface area contributed by atoms with Gasteiger partial charge in [-0.25, -0.2) is 4.79 Å². The number of nitrogens with one attached hydrogen (secondary N) is 3. The first-order chi connectivity index (χ1) is 12.9. The topological polar surface area (TPSA) is 211 Å². The third-order valence-corrected chi connectivity index (χ3v) is 3.74. The lowest BCUT2D eigenvalue weighted by atomic mass is 10.0. The van der Waals surface area contributed by atoms with Crippen LogP contribution >= 0.6 is 0 Å². The summed E-state index contributed by atoms with van der Waals surface area (Å²) in [4.78, 5) is 47.3. The minimum atomic E-state index is -1.63. The van der Waals surface area contributed by atoms with E-state index in [1.807, 2.05) is 19.2 Å². The lowest BCUT2D eigenvalue weighted by molar-refractivity contribution is -0.144. The Morgan fingerprint density at radius 1 is 0.857 bits per heavy atom. The number of aliphatic hydroxyl groups is 3. The zero-order valence-electron chi connectivity index (χ0n) is 16.1. The minimum absolute atomic E-state index is 0.124. The molecule has 0 spiro atoms. The molecule has 0 aromatic rings. The number of hydrogen-bond acceptors (Lipinski definition) is 8. The average Bonchev–Trinajstić information content (AvgIpc) is 2.60. The van der Waals surface area contributed by atoms with Crippen molar-refractivity contribution in [2.24, 2.45) is 11.7 Å². The van der Waals surface area contributed by atoms with Gasteiger partial charge >= 0.3 is 5.97 Å². The molecule has 0 aromatic heterocycles. The molecule has 0 saturated heterocycles. The molecular formula is C16H30N4O8. The van der Waals surface area contributed by atoms with Crippen LogP contribution in [0, 0.1) is 5.92 Å². The molecule has 0 radical (unpaired) electrons. The molecule has 3 amide bonds. The number of rotatable bonds is 12. The second kappa shape index (κ2) is 12.2. The van der Waals surface area contributed by atoms with Gasteiger partial charge in [0.2, 0.25) is 17.7 Å². The van der Waals surface area contributed by atoms with Crippen LogP contribution in [0.25, 0.3) is 0 Å². The van der Waals surface area contributed by atoms with Gasteiger partial charge in [-0.05, 0) is 19.3 Å². The van der Waals surface area contributed by atoms with E-state index in [1.54, 1.807) is 0 Å². The van der Waals surface area contributed by atoms with Gasteiger partial charge in [-0.2, -0.15) is 0 Å². The van der Waals surface area contributed by atoms with Crippen LogP contribution in [-0.2, 0) is 19.2 Å². The fourth-order valence-corrected chi connectivity index (χ4v) is 2.19. The summed E-state index contributed by atoms with van der Waals surface area (Å²) in [7, 11) is 0. The maximum Gasteiger partial charge on any atom is 0.328 e. The molecule has 12 heteroatoms. The average molecular weight is 406 g/mol. The molecule has 0 heterocycles. The molecule has 0 aliphatic heterocycles. The summed E-state index contributed by atoms with van der Waals surface area (Å²) in [5, 5.41) is 43.2. The zero-order chi connectivity index (χ0) is 22.0. The van der Waals surface area contributed by atoms with E-state index in [9.17, 15) is 29.4 Å². The summed E-state index contributed by atoms with van der Waals surface area (Å²) < 4.78 is 0. The van der Waals surface area contributed by atoms with E-state index in [0.29, 0.717) is 6.42 Å². The fourth-order valence-electron chi connectivity index (χ4n) is 2.19. The second-order valence-electron chi connectivity index (χ2n) is 6.79. The van der Waals surface area contributed by atoms with Crippen LogP contribution in [-0.4, -0.2) is 87.6 Å². The number of aliphatic hydroxyl groups excluding tert-OH is 3. The maximum absolute atomic E-state index is 12.3. The largest absolute Gasteiger partial charge is 0.480 e. The quantitative estimate of drug-likeness (QED) is 0.160. The van der Waals surface area contributed by atoms with Crippen LogP contribution in [0.4, 0.5) is 0 Å². The summed E-state index contributed by atoms with van der Waals surface area (Å²) in [6, 6.07) is -5.56. The summed E-state index contributed by atoms with van der Waals surface area (Å²) in [5.74, 6) is -4.11. The molecule has 0 aliphatic carbocycles. The van der Waals surface area contributed by atoms with Gasteiger partial charge in [-0.3, -0.25) is 14.4 Å². The smallest absolute Gasteiger partial charge is 0.328 e. The lowest BCUT2D eigenvalue weighted by Gasteiger charge is -2.25. The monoisotopic (exact) mass is 406 g/mol. The number of hydrogen-bond donors (Lipinski definition) is 8. The van der Waals surface area contributed by atoms with Gasteiger partial charge in [0.15, 0.2) is 0 Å². The van der Waals surface area contributed by atoms with Gasteiger partial charge in [0.05, 0.1) is 25.4 Å². The molecule has 5 unspecified atom stereocenters. The summed E-state index contributed by atoms with van der Waals surface area (Å²) in [5.41, 5.74) is 5.71. The normalized spacial score (nSPS) is 16.4. The molecule has 162 valence electrons. The highest BCUT2D eigenvalue weighted by Gasteiger charge is 2.32. The molecule has 0 aliphatic rings. The molecule has 0 bridgehead atoms. The molecule has 5 atom stereocenters. The van der Waals surface area contributed by atoms with Crippen molar-refractivity contribution in [3.05, 3.63) is 0 Å². The third-order valence-electron chi connectivity index (χ3n) is 3.74. The standard InChI is InChI=1S/C16H30N4O8/c1-7(2)4-9(17)13(24)18-10(5-21)14(25)20-12(8(3)23)15(26)19-11(6-22)16(27)28/h7-12,21-23H,4-6,17H2,1-3H3,(H,18,24)(H,19,26)(H,20,25)(H,27,28). The van der Waals surface area contributed by atoms with Crippen molar-refractivity contribution in [2.45, 2.75) is 57.5 Å². The highest BCUT2D eigenvalue weighted by molar-refractivity contribution is 5.94.